The van der Waals surface area contributed by atoms with E-state index in [0.29, 0.717) is 46.1 Å². The molecule has 0 unspecified atom stereocenters. The molecule has 0 fully saturated rings. The van der Waals surface area contributed by atoms with Crippen LogP contribution in [0.15, 0.2) is 79.1 Å². The van der Waals surface area contributed by atoms with E-state index in [0.717, 1.165) is 35.0 Å². The van der Waals surface area contributed by atoms with Crippen molar-refractivity contribution < 1.29 is 82.8 Å². The second-order valence-corrected chi connectivity index (χ2v) is 14.9. The number of carbonyl (C=O) groups excluding carboxylic acids is 4. The SMILES string of the molecule is COC(=O)c1ccc2c(c1)C[C@H](O)[C@@H]2NC(=O)c1cc(C(=O)NCc2ccc(F)c(C(F)(F)F)c2)nc2c(F)cnn12.O=C(NCc1ccc(F)c(C(F)(F)F)c1)c1cc(C(=O)O)n2ncc(F)c2n1. The highest BCUT2D eigenvalue weighted by atomic mass is 19.4. The van der Waals surface area contributed by atoms with Gasteiger partial charge in [-0.2, -0.15) is 36.5 Å². The number of hydrogen-bond acceptors (Lipinski definition) is 11. The number of carboxylic acid groups (broad SMARTS) is 1. The first-order valence-corrected chi connectivity index (χ1v) is 19.7. The molecule has 4 heterocycles. The number of aromatic carboxylic acids is 1. The van der Waals surface area contributed by atoms with Crippen LogP contribution in [0.3, 0.4) is 0 Å². The van der Waals surface area contributed by atoms with Crippen LogP contribution in [-0.4, -0.2) is 82.3 Å². The number of hydrogen-bond donors (Lipinski definition) is 5. The number of carboxylic acids is 1. The quantitative estimate of drug-likeness (QED) is 0.0811. The van der Waals surface area contributed by atoms with E-state index < -0.39 is 130 Å². The lowest BCUT2D eigenvalue weighted by Gasteiger charge is -2.18. The highest BCUT2D eigenvalue weighted by molar-refractivity contribution is 5.99. The van der Waals surface area contributed by atoms with Crippen molar-refractivity contribution in [3.8, 4) is 0 Å². The second kappa shape index (κ2) is 19.2. The van der Waals surface area contributed by atoms with E-state index in [2.05, 4.69) is 36.1 Å². The number of amides is 3. The molecule has 2 atom stereocenters. The zero-order valence-corrected chi connectivity index (χ0v) is 35.1. The monoisotopic (exact) mass is 989 g/mol. The van der Waals surface area contributed by atoms with Crippen LogP contribution in [0.5, 0.6) is 0 Å². The molecule has 0 radical (unpaired) electrons. The normalized spacial score (nSPS) is 14.4. The van der Waals surface area contributed by atoms with Crippen molar-refractivity contribution in [1.29, 1.82) is 0 Å². The lowest BCUT2D eigenvalue weighted by Crippen LogP contribution is -2.35. The van der Waals surface area contributed by atoms with E-state index in [1.165, 1.54) is 19.2 Å². The van der Waals surface area contributed by atoms with Crippen molar-refractivity contribution in [2.24, 2.45) is 0 Å². The Balaban J connectivity index is 0.000000224. The van der Waals surface area contributed by atoms with E-state index >= 15 is 0 Å². The summed E-state index contributed by atoms with van der Waals surface area (Å²) < 4.78 is 139. The molecule has 0 bridgehead atoms. The van der Waals surface area contributed by atoms with E-state index in [1.54, 1.807) is 6.07 Å². The topological polar surface area (TPSA) is 232 Å². The maximum Gasteiger partial charge on any atom is 0.419 e. The fourth-order valence-electron chi connectivity index (χ4n) is 7.03. The number of benzene rings is 3. The fourth-order valence-corrected chi connectivity index (χ4v) is 7.03. The molecule has 8 rings (SSSR count). The smallest absolute Gasteiger partial charge is 0.419 e. The molecular formula is C43H29F10N9O8. The van der Waals surface area contributed by atoms with Gasteiger partial charge < -0.3 is 30.9 Å². The molecule has 17 nitrogen and oxygen atoms in total. The minimum atomic E-state index is -4.95. The number of aliphatic hydroxyl groups excluding tert-OH is 1. The van der Waals surface area contributed by atoms with Crippen LogP contribution in [-0.2, 0) is 36.6 Å². The summed E-state index contributed by atoms with van der Waals surface area (Å²) in [6.07, 6.45) is -9.34. The van der Waals surface area contributed by atoms with Gasteiger partial charge in [0.1, 0.15) is 28.7 Å². The number of aliphatic hydroxyl groups is 1. The van der Waals surface area contributed by atoms with Crippen LogP contribution in [0.1, 0.15) is 91.7 Å². The number of ether oxygens (including phenoxy) is 1. The van der Waals surface area contributed by atoms with E-state index in [-0.39, 0.29) is 28.8 Å². The van der Waals surface area contributed by atoms with Gasteiger partial charge in [-0.3, -0.25) is 14.4 Å². The van der Waals surface area contributed by atoms with Crippen molar-refractivity contribution >= 4 is 41.0 Å². The molecule has 5 N–H and O–H groups in total. The Bertz CT molecular complexity index is 3250. The number of methoxy groups -OCH3 is 1. The van der Waals surface area contributed by atoms with Gasteiger partial charge in [0, 0.05) is 31.6 Å². The van der Waals surface area contributed by atoms with Gasteiger partial charge in [-0.15, -0.1) is 0 Å². The molecule has 364 valence electrons. The maximum atomic E-state index is 14.4. The van der Waals surface area contributed by atoms with Crippen LogP contribution in [0, 0.1) is 23.3 Å². The van der Waals surface area contributed by atoms with Crippen molar-refractivity contribution in [3.05, 3.63) is 164 Å². The summed E-state index contributed by atoms with van der Waals surface area (Å²) >= 11 is 0. The van der Waals surface area contributed by atoms with Crippen LogP contribution in [0.25, 0.3) is 11.3 Å². The van der Waals surface area contributed by atoms with Crippen molar-refractivity contribution in [2.75, 3.05) is 7.11 Å². The Morgan fingerprint density at radius 3 is 1.63 bits per heavy atom. The van der Waals surface area contributed by atoms with Gasteiger partial charge in [-0.25, -0.2) is 46.1 Å². The van der Waals surface area contributed by atoms with E-state index in [4.69, 9.17) is 9.84 Å². The van der Waals surface area contributed by atoms with Crippen LogP contribution in [0.2, 0.25) is 0 Å². The molecule has 1 aliphatic rings. The number of nitrogens with zero attached hydrogens (tertiary/aromatic N) is 6. The Kier molecular flexibility index (Phi) is 13.6. The van der Waals surface area contributed by atoms with Gasteiger partial charge in [-0.1, -0.05) is 18.2 Å². The van der Waals surface area contributed by atoms with Crippen LogP contribution >= 0.6 is 0 Å². The summed E-state index contributed by atoms with van der Waals surface area (Å²) in [4.78, 5) is 69.1. The Labute approximate surface area is 383 Å². The number of halogens is 10. The number of aromatic nitrogens is 6. The third kappa shape index (κ3) is 10.3. The van der Waals surface area contributed by atoms with Gasteiger partial charge in [0.15, 0.2) is 28.6 Å². The molecule has 0 spiro atoms. The minimum Gasteiger partial charge on any atom is -0.477 e. The summed E-state index contributed by atoms with van der Waals surface area (Å²) in [5.74, 6) is -9.74. The van der Waals surface area contributed by atoms with Crippen molar-refractivity contribution in [3.63, 3.8) is 0 Å². The lowest BCUT2D eigenvalue weighted by molar-refractivity contribution is -0.140. The molecule has 1 aliphatic carbocycles. The molecule has 27 heteroatoms. The number of rotatable bonds is 10. The van der Waals surface area contributed by atoms with Gasteiger partial charge in [0.25, 0.3) is 17.7 Å². The van der Waals surface area contributed by atoms with Crippen molar-refractivity contribution in [2.45, 2.75) is 44.0 Å². The van der Waals surface area contributed by atoms with Crippen LogP contribution in [0.4, 0.5) is 43.9 Å². The number of esters is 1. The largest absolute Gasteiger partial charge is 0.477 e. The molecule has 3 amide bonds. The first kappa shape index (κ1) is 49.4. The predicted molar refractivity (Wildman–Crippen MR) is 216 cm³/mol. The fraction of sp³-hybridized carbons (Fsp3) is 0.186. The number of carbonyl (C=O) groups is 5. The van der Waals surface area contributed by atoms with Gasteiger partial charge in [0.05, 0.1) is 48.3 Å². The third-order valence-electron chi connectivity index (χ3n) is 10.4. The Morgan fingerprint density at radius 2 is 1.16 bits per heavy atom. The summed E-state index contributed by atoms with van der Waals surface area (Å²) in [6.45, 7) is -0.893. The van der Waals surface area contributed by atoms with E-state index in [9.17, 15) is 73.0 Å². The zero-order chi connectivity index (χ0) is 51.0. The summed E-state index contributed by atoms with van der Waals surface area (Å²) in [6, 6.07) is 9.85. The predicted octanol–water partition coefficient (Wildman–Crippen LogP) is 5.79. The Morgan fingerprint density at radius 1 is 0.671 bits per heavy atom. The van der Waals surface area contributed by atoms with Gasteiger partial charge in [0.2, 0.25) is 0 Å². The van der Waals surface area contributed by atoms with E-state index in [1.807, 2.05) is 0 Å². The second-order valence-electron chi connectivity index (χ2n) is 14.9. The first-order valence-electron chi connectivity index (χ1n) is 19.7. The first-order chi connectivity index (χ1) is 32.9. The lowest BCUT2D eigenvalue weighted by atomic mass is 10.0. The maximum absolute atomic E-state index is 14.4. The number of alkyl halides is 6. The van der Waals surface area contributed by atoms with Gasteiger partial charge in [-0.05, 0) is 58.7 Å². The standard InChI is InChI=1S/C27H20F5N5O5.C16H9F5N4O3/c1-42-26(41)13-3-4-15-14(7-13)8-21(38)22(15)36-25(40)20-9-19(35-23-18(29)11-34-37(20)23)24(39)33-10-12-2-5-17(28)16(6-12)27(30,31)32;17-9-2-1-7(3-8(9)16(19,20)21)5-22-14(26)11-4-12(15(27)28)25-13(24-11)10(18)6-23-25/h2-7,9,11,21-22,38H,8,10H2,1H3,(H,33,39)(H,36,40);1-4,6H,5H2,(H,22,26)(H,27,28)/t21-,22+;/m0./s1. The third-order valence-corrected chi connectivity index (χ3v) is 10.4. The highest BCUT2D eigenvalue weighted by Gasteiger charge is 2.36. The van der Waals surface area contributed by atoms with Crippen molar-refractivity contribution in [1.82, 2.24) is 45.1 Å². The van der Waals surface area contributed by atoms with Crippen LogP contribution < -0.4 is 16.0 Å². The molecule has 0 saturated heterocycles. The average Bonchev–Trinajstić information content (AvgIpc) is 3.98. The molecule has 0 aliphatic heterocycles. The summed E-state index contributed by atoms with van der Waals surface area (Å²) in [7, 11) is 1.22. The zero-order valence-electron chi connectivity index (χ0n) is 35.1. The summed E-state index contributed by atoms with van der Waals surface area (Å²) in [5, 5.41) is 34.2. The highest BCUT2D eigenvalue weighted by Crippen LogP contribution is 2.34. The molecule has 7 aromatic rings. The number of nitrogens with one attached hydrogen (secondary N) is 3. The van der Waals surface area contributed by atoms with Gasteiger partial charge >= 0.3 is 24.3 Å². The minimum absolute atomic E-state index is 0.0582. The Hall–Kier alpha value is -8.49. The average molecular weight is 990 g/mol. The molecule has 70 heavy (non-hydrogen) atoms. The summed E-state index contributed by atoms with van der Waals surface area (Å²) in [5.41, 5.74) is -4.57. The molecule has 3 aromatic carbocycles. The molecular weight excluding hydrogens is 961 g/mol. The molecule has 4 aromatic heterocycles. The molecule has 0 saturated carbocycles. The number of fused-ring (bicyclic) bond motifs is 3.